The van der Waals surface area contributed by atoms with Crippen LogP contribution in [0.15, 0.2) is 6.07 Å². The molecular weight excluding hydrogens is 666 g/mol. The largest absolute Gasteiger partial charge is 0.504 e. The van der Waals surface area contributed by atoms with Crippen LogP contribution in [0, 0.1) is 25.2 Å². The van der Waals surface area contributed by atoms with Crippen molar-refractivity contribution >= 4 is 33.8 Å². The van der Waals surface area contributed by atoms with Gasteiger partial charge in [0.1, 0.15) is 18.4 Å². The maximum atomic E-state index is 13.4. The van der Waals surface area contributed by atoms with Crippen molar-refractivity contribution < 1.29 is 51.0 Å². The van der Waals surface area contributed by atoms with Crippen LogP contribution in [0.5, 0.6) is 28.7 Å². The summed E-state index contributed by atoms with van der Waals surface area (Å²) in [5, 5.41) is 22.0. The number of likely N-dealkylation sites (N-methyl/N-ethyl adjacent to an activating group) is 1. The Kier molecular flexibility index (Phi) is 7.99. The van der Waals surface area contributed by atoms with Crippen LogP contribution in [0.4, 0.5) is 0 Å². The van der Waals surface area contributed by atoms with E-state index in [1.807, 2.05) is 24.9 Å². The minimum absolute atomic E-state index is 0.0110. The van der Waals surface area contributed by atoms with Crippen molar-refractivity contribution in [2.45, 2.75) is 68.8 Å². The Hall–Kier alpha value is -3.75. The van der Waals surface area contributed by atoms with Gasteiger partial charge in [-0.05, 0) is 38.4 Å². The van der Waals surface area contributed by atoms with Gasteiger partial charge in [0.15, 0.2) is 29.1 Å². The van der Waals surface area contributed by atoms with E-state index < -0.39 is 57.6 Å². The number of piperazine rings is 1. The van der Waals surface area contributed by atoms with Gasteiger partial charge in [-0.2, -0.15) is 13.7 Å². The van der Waals surface area contributed by atoms with Crippen LogP contribution < -0.4 is 18.9 Å². The number of rotatable bonds is 4. The molecule has 7 rings (SSSR count). The molecule has 2 unspecified atom stereocenters. The topological polar surface area (TPSA) is 174 Å². The van der Waals surface area contributed by atoms with Gasteiger partial charge in [0, 0.05) is 47.0 Å². The summed E-state index contributed by atoms with van der Waals surface area (Å²) < 4.78 is 59.0. The molecule has 256 valence electrons. The van der Waals surface area contributed by atoms with Gasteiger partial charge in [-0.15, -0.1) is 11.8 Å². The van der Waals surface area contributed by atoms with Gasteiger partial charge in [-0.25, -0.2) is 4.79 Å². The number of carbonyl (C=O) groups is 2. The summed E-state index contributed by atoms with van der Waals surface area (Å²) >= 11 is 1.22. The summed E-state index contributed by atoms with van der Waals surface area (Å²) in [6.07, 6.45) is -0.154. The molecule has 2 aromatic carbocycles. The van der Waals surface area contributed by atoms with Crippen molar-refractivity contribution in [3.05, 3.63) is 39.4 Å². The zero-order valence-electron chi connectivity index (χ0n) is 27.1. The number of aromatic hydroxyl groups is 1. The molecule has 1 N–H and O–H groups in total. The van der Waals surface area contributed by atoms with E-state index in [4.69, 9.17) is 27.9 Å². The van der Waals surface area contributed by atoms with E-state index >= 15 is 0 Å². The van der Waals surface area contributed by atoms with Gasteiger partial charge in [0.25, 0.3) is 10.1 Å². The number of esters is 2. The van der Waals surface area contributed by atoms with Gasteiger partial charge in [-0.1, -0.05) is 6.07 Å². The first-order valence-electron chi connectivity index (χ1n) is 15.4. The number of hydrogen-bond donors (Lipinski definition) is 1. The molecule has 7 atom stereocenters. The fraction of sp³-hybridized carbons (Fsp3) is 0.531. The van der Waals surface area contributed by atoms with Crippen LogP contribution in [0.1, 0.15) is 57.6 Å². The van der Waals surface area contributed by atoms with Gasteiger partial charge in [0.05, 0.1) is 36.8 Å². The van der Waals surface area contributed by atoms with Crippen LogP contribution in [-0.4, -0.2) is 99.1 Å². The molecule has 4 bridgehead atoms. The smallest absolute Gasteiger partial charge is 0.337 e. The first kappa shape index (κ1) is 32.8. The van der Waals surface area contributed by atoms with E-state index in [1.165, 1.54) is 25.8 Å². The van der Waals surface area contributed by atoms with E-state index in [1.54, 1.807) is 6.92 Å². The van der Waals surface area contributed by atoms with Crippen LogP contribution in [0.2, 0.25) is 0 Å². The number of phenols is 1. The van der Waals surface area contributed by atoms with Crippen molar-refractivity contribution in [2.75, 3.05) is 39.6 Å². The Morgan fingerprint density at radius 1 is 1.15 bits per heavy atom. The highest BCUT2D eigenvalue weighted by Gasteiger charge is 2.60. The summed E-state index contributed by atoms with van der Waals surface area (Å²) in [7, 11) is -0.655. The van der Waals surface area contributed by atoms with E-state index in [0.717, 1.165) is 17.4 Å². The second-order valence-electron chi connectivity index (χ2n) is 12.7. The van der Waals surface area contributed by atoms with E-state index in [2.05, 4.69) is 11.0 Å². The Morgan fingerprint density at radius 2 is 1.88 bits per heavy atom. The van der Waals surface area contributed by atoms with Crippen molar-refractivity contribution in [3.8, 4) is 34.8 Å². The molecule has 5 aliphatic heterocycles. The maximum absolute atomic E-state index is 13.4. The number of phenolic OH excluding ortho intramolecular Hbond substituents is 1. The highest BCUT2D eigenvalue weighted by molar-refractivity contribution is 7.99. The second kappa shape index (κ2) is 11.7. The van der Waals surface area contributed by atoms with Gasteiger partial charge < -0.3 is 28.8 Å². The monoisotopic (exact) mass is 701 g/mol. The average Bonchev–Trinajstić information content (AvgIpc) is 3.50. The molecule has 2 aromatic rings. The lowest BCUT2D eigenvalue weighted by atomic mass is 9.71. The minimum atomic E-state index is -4.06. The standard InChI is InChI=1S/C32H35N3O11S2/c1-13-7-16-8-17-18(9-33)35-19-10-42-32(38)20(46-48(6,39)40)11-47-31(25(35)24(34(17)4)21(16)26(37)27(13)41-5)23-22(19)30-29(43-12-44-30)14(2)28(23)45-15(3)36/h7,17-20,24-25,31,37H,8,10-12H2,1-6H3/t17-,18-,19-,20?,24+,25?,31+/m0/s1. The second-order valence-corrected chi connectivity index (χ2v) is 15.4. The predicted molar refractivity (Wildman–Crippen MR) is 170 cm³/mol. The molecule has 14 nitrogen and oxygen atoms in total. The molecule has 0 saturated carbocycles. The van der Waals surface area contributed by atoms with Crippen molar-refractivity contribution in [2.24, 2.45) is 0 Å². The van der Waals surface area contributed by atoms with Crippen molar-refractivity contribution in [3.63, 3.8) is 0 Å². The average molecular weight is 702 g/mol. The maximum Gasteiger partial charge on any atom is 0.337 e. The van der Waals surface area contributed by atoms with Crippen LogP contribution in [0.25, 0.3) is 0 Å². The molecule has 5 heterocycles. The number of cyclic esters (lactones) is 1. The molecule has 0 aliphatic carbocycles. The zero-order valence-corrected chi connectivity index (χ0v) is 28.8. The molecular formula is C32H35N3O11S2. The third-order valence-corrected chi connectivity index (χ3v) is 11.9. The lowest BCUT2D eigenvalue weighted by Gasteiger charge is -2.61. The Bertz CT molecular complexity index is 1890. The van der Waals surface area contributed by atoms with Crippen LogP contribution in [-0.2, 0) is 35.0 Å². The number of carbonyl (C=O) groups excluding carboxylic acids is 2. The lowest BCUT2D eigenvalue weighted by molar-refractivity contribution is -0.156. The number of hydrogen-bond acceptors (Lipinski definition) is 15. The Morgan fingerprint density at radius 3 is 2.54 bits per heavy atom. The number of nitriles is 1. The quantitative estimate of drug-likeness (QED) is 0.280. The van der Waals surface area contributed by atoms with E-state index in [0.29, 0.717) is 45.9 Å². The van der Waals surface area contributed by atoms with Crippen LogP contribution in [0.3, 0.4) is 0 Å². The van der Waals surface area contributed by atoms with Crippen molar-refractivity contribution in [1.29, 1.82) is 5.26 Å². The van der Waals surface area contributed by atoms with Crippen molar-refractivity contribution in [1.82, 2.24) is 9.80 Å². The fourth-order valence-corrected chi connectivity index (χ4v) is 10.4. The number of ether oxygens (including phenoxy) is 5. The molecule has 5 aliphatic rings. The highest BCUT2D eigenvalue weighted by Crippen LogP contribution is 2.64. The molecule has 0 aromatic heterocycles. The first-order valence-corrected chi connectivity index (χ1v) is 18.2. The Balaban J connectivity index is 1.54. The summed E-state index contributed by atoms with van der Waals surface area (Å²) in [6.45, 7) is 4.50. The van der Waals surface area contributed by atoms with Gasteiger partial charge in [0.2, 0.25) is 6.79 Å². The molecule has 48 heavy (non-hydrogen) atoms. The van der Waals surface area contributed by atoms with E-state index in [9.17, 15) is 28.4 Å². The highest BCUT2D eigenvalue weighted by atomic mass is 32.2. The van der Waals surface area contributed by atoms with Gasteiger partial charge >= 0.3 is 11.9 Å². The normalized spacial score (nSPS) is 29.2. The number of fused-ring (bicyclic) bond motifs is 9. The number of thioether (sulfide) groups is 1. The first-order chi connectivity index (χ1) is 22.8. The number of nitrogens with zero attached hydrogens (tertiary/aromatic N) is 3. The molecule has 0 amide bonds. The summed E-state index contributed by atoms with van der Waals surface area (Å²) in [5.41, 5.74) is 3.93. The Labute approximate surface area is 281 Å². The van der Waals surface area contributed by atoms with Gasteiger partial charge in [-0.3, -0.25) is 18.8 Å². The summed E-state index contributed by atoms with van der Waals surface area (Å²) in [6, 6.07) is 1.49. The molecule has 16 heteroatoms. The fourth-order valence-electron chi connectivity index (χ4n) is 8.23. The molecule has 2 saturated heterocycles. The lowest BCUT2D eigenvalue weighted by Crippen LogP contribution is -2.69. The SMILES string of the molecule is COc1c(C)cc2c(c1O)[C@@H]1C3[C@@H]4SCC(OS(C)(=O)=O)C(=O)OC[C@@H](c5c6c(c(C)c(OC(C)=O)c54)OCO6)N3[C@@H](C#N)[C@H](C2)N1C. The number of aryl methyl sites for hydroxylation is 1. The minimum Gasteiger partial charge on any atom is -0.504 e. The van der Waals surface area contributed by atoms with E-state index in [-0.39, 0.29) is 36.7 Å². The summed E-state index contributed by atoms with van der Waals surface area (Å²) in [4.78, 5) is 30.1. The van der Waals surface area contributed by atoms with Crippen LogP contribution >= 0.6 is 11.8 Å². The third kappa shape index (κ3) is 4.89. The predicted octanol–water partition coefficient (Wildman–Crippen LogP) is 2.58. The molecule has 0 radical (unpaired) electrons. The molecule has 0 spiro atoms. The summed E-state index contributed by atoms with van der Waals surface area (Å²) in [5.74, 6) is -0.256. The number of methoxy groups -OCH3 is 1. The molecule has 2 fully saturated rings. The number of benzene rings is 2. The zero-order chi connectivity index (χ0) is 34.4. The third-order valence-electron chi connectivity index (χ3n) is 9.91.